The van der Waals surface area contributed by atoms with Crippen molar-refractivity contribution in [3.05, 3.63) is 0 Å². The summed E-state index contributed by atoms with van der Waals surface area (Å²) in [6.45, 7) is 4.42. The Balaban J connectivity index is 1.76. The summed E-state index contributed by atoms with van der Waals surface area (Å²) < 4.78 is 0. The summed E-state index contributed by atoms with van der Waals surface area (Å²) in [6.07, 6.45) is 5.38. The quantitative estimate of drug-likeness (QED) is 0.597. The van der Waals surface area contributed by atoms with Crippen LogP contribution < -0.4 is 16.4 Å². The molecule has 2 fully saturated rings. The Morgan fingerprint density at radius 1 is 1.07 bits per heavy atom. The minimum atomic E-state index is 0.730. The van der Waals surface area contributed by atoms with Gasteiger partial charge in [0.15, 0.2) is 0 Å². The van der Waals surface area contributed by atoms with Gasteiger partial charge in [-0.25, -0.2) is 0 Å². The molecule has 0 bridgehead atoms. The maximum absolute atomic E-state index is 5.68. The molecule has 2 saturated heterocycles. The maximum Gasteiger partial charge on any atom is 0.00965 e. The molecule has 4 N–H and O–H groups in total. The predicted molar refractivity (Wildman–Crippen MR) is 59.2 cm³/mol. The first-order valence-electron chi connectivity index (χ1n) is 6.04. The average Bonchev–Trinajstić information content (AvgIpc) is 2.30. The smallest absolute Gasteiger partial charge is 0.00965 e. The maximum atomic E-state index is 5.68. The Morgan fingerprint density at radius 3 is 2.43 bits per heavy atom. The molecule has 0 aromatic rings. The summed E-state index contributed by atoms with van der Waals surface area (Å²) in [6, 6.07) is 0.778. The van der Waals surface area contributed by atoms with Crippen LogP contribution in [0.5, 0.6) is 0 Å². The fourth-order valence-corrected chi connectivity index (χ4v) is 2.79. The topological polar surface area (TPSA) is 50.1 Å². The highest BCUT2D eigenvalue weighted by atomic mass is 15.0. The van der Waals surface area contributed by atoms with Crippen molar-refractivity contribution in [3.8, 4) is 0 Å². The second kappa shape index (κ2) is 5.10. The van der Waals surface area contributed by atoms with E-state index in [0.717, 1.165) is 31.0 Å². The minimum absolute atomic E-state index is 0.730. The molecule has 2 rings (SSSR count). The lowest BCUT2D eigenvalue weighted by Crippen LogP contribution is -2.47. The van der Waals surface area contributed by atoms with Gasteiger partial charge in [0.05, 0.1) is 0 Å². The van der Waals surface area contributed by atoms with Gasteiger partial charge in [-0.2, -0.15) is 0 Å². The van der Waals surface area contributed by atoms with Crippen LogP contribution in [0.25, 0.3) is 0 Å². The lowest BCUT2D eigenvalue weighted by molar-refractivity contribution is 0.214. The number of hydrogen-bond donors (Lipinski definition) is 3. The molecule has 0 amide bonds. The molecule has 2 aliphatic rings. The highest BCUT2D eigenvalue weighted by Gasteiger charge is 2.27. The van der Waals surface area contributed by atoms with Gasteiger partial charge < -0.3 is 16.4 Å². The lowest BCUT2D eigenvalue weighted by Gasteiger charge is -2.36. The minimum Gasteiger partial charge on any atom is -0.330 e. The summed E-state index contributed by atoms with van der Waals surface area (Å²) >= 11 is 0. The van der Waals surface area contributed by atoms with Crippen LogP contribution in [0.15, 0.2) is 0 Å². The number of hydrogen-bond acceptors (Lipinski definition) is 3. The van der Waals surface area contributed by atoms with E-state index in [1.54, 1.807) is 0 Å². The van der Waals surface area contributed by atoms with Gasteiger partial charge in [0, 0.05) is 6.04 Å². The van der Waals surface area contributed by atoms with E-state index < -0.39 is 0 Å². The second-order valence-corrected chi connectivity index (χ2v) is 4.78. The van der Waals surface area contributed by atoms with Gasteiger partial charge >= 0.3 is 0 Å². The number of nitrogens with two attached hydrogens (primary N) is 1. The summed E-state index contributed by atoms with van der Waals surface area (Å²) in [5, 5.41) is 7.11. The van der Waals surface area contributed by atoms with Crippen molar-refractivity contribution in [1.29, 1.82) is 0 Å². The van der Waals surface area contributed by atoms with Crippen molar-refractivity contribution >= 4 is 0 Å². The third-order valence-electron chi connectivity index (χ3n) is 3.84. The molecule has 0 aromatic carbocycles. The zero-order chi connectivity index (χ0) is 9.80. The first kappa shape index (κ1) is 10.4. The van der Waals surface area contributed by atoms with E-state index >= 15 is 0 Å². The fourth-order valence-electron chi connectivity index (χ4n) is 2.79. The Hall–Kier alpha value is -0.120. The molecule has 0 aliphatic carbocycles. The molecule has 3 nitrogen and oxygen atoms in total. The van der Waals surface area contributed by atoms with Crippen molar-refractivity contribution in [2.45, 2.75) is 31.7 Å². The average molecular weight is 197 g/mol. The van der Waals surface area contributed by atoms with Crippen LogP contribution in [0.3, 0.4) is 0 Å². The largest absolute Gasteiger partial charge is 0.330 e. The van der Waals surface area contributed by atoms with Gasteiger partial charge in [-0.15, -0.1) is 0 Å². The molecule has 0 radical (unpaired) electrons. The van der Waals surface area contributed by atoms with Crippen LogP contribution in [-0.2, 0) is 0 Å². The Labute approximate surface area is 86.8 Å². The zero-order valence-corrected chi connectivity index (χ0v) is 8.97. The molecule has 0 aromatic heterocycles. The monoisotopic (exact) mass is 197 g/mol. The second-order valence-electron chi connectivity index (χ2n) is 4.78. The van der Waals surface area contributed by atoms with Crippen LogP contribution in [0, 0.1) is 11.8 Å². The standard InChI is InChI=1S/C11H23N3/c12-7-9-1-2-11(14-8-9)10-3-5-13-6-4-10/h9-11,13-14H,1-8,12H2. The van der Waals surface area contributed by atoms with Gasteiger partial charge in [0.25, 0.3) is 0 Å². The van der Waals surface area contributed by atoms with Gasteiger partial charge in [-0.05, 0) is 63.7 Å². The summed E-state index contributed by atoms with van der Waals surface area (Å²) in [4.78, 5) is 0. The summed E-state index contributed by atoms with van der Waals surface area (Å²) in [7, 11) is 0. The van der Waals surface area contributed by atoms with E-state index in [4.69, 9.17) is 5.73 Å². The zero-order valence-electron chi connectivity index (χ0n) is 8.97. The van der Waals surface area contributed by atoms with Crippen LogP contribution in [-0.4, -0.2) is 32.2 Å². The van der Waals surface area contributed by atoms with Crippen molar-refractivity contribution in [2.24, 2.45) is 17.6 Å². The molecule has 2 heterocycles. The van der Waals surface area contributed by atoms with Gasteiger partial charge in [-0.1, -0.05) is 0 Å². The van der Waals surface area contributed by atoms with E-state index in [9.17, 15) is 0 Å². The highest BCUT2D eigenvalue weighted by molar-refractivity contribution is 4.85. The molecular formula is C11H23N3. The molecule has 0 saturated carbocycles. The molecule has 2 unspecified atom stereocenters. The number of rotatable bonds is 2. The van der Waals surface area contributed by atoms with Gasteiger partial charge in [0.1, 0.15) is 0 Å². The lowest BCUT2D eigenvalue weighted by atomic mass is 9.83. The highest BCUT2D eigenvalue weighted by Crippen LogP contribution is 2.24. The van der Waals surface area contributed by atoms with Gasteiger partial charge in [-0.3, -0.25) is 0 Å². The Kier molecular flexibility index (Phi) is 3.79. The van der Waals surface area contributed by atoms with Crippen LogP contribution in [0.2, 0.25) is 0 Å². The fraction of sp³-hybridized carbons (Fsp3) is 1.00. The first-order chi connectivity index (χ1) is 6.90. The molecular weight excluding hydrogens is 174 g/mol. The van der Waals surface area contributed by atoms with Gasteiger partial charge in [0.2, 0.25) is 0 Å². The molecule has 14 heavy (non-hydrogen) atoms. The molecule has 2 atom stereocenters. The van der Waals surface area contributed by atoms with Crippen molar-refractivity contribution in [3.63, 3.8) is 0 Å². The summed E-state index contributed by atoms with van der Waals surface area (Å²) in [5.41, 5.74) is 5.68. The third kappa shape index (κ3) is 2.47. The molecule has 0 spiro atoms. The number of piperidine rings is 2. The van der Waals surface area contributed by atoms with E-state index in [1.165, 1.54) is 38.8 Å². The normalized spacial score (nSPS) is 35.8. The third-order valence-corrected chi connectivity index (χ3v) is 3.84. The van der Waals surface area contributed by atoms with E-state index in [0.29, 0.717) is 0 Å². The summed E-state index contributed by atoms with van der Waals surface area (Å²) in [5.74, 6) is 1.64. The molecule has 2 aliphatic heterocycles. The Morgan fingerprint density at radius 2 is 1.86 bits per heavy atom. The molecule has 82 valence electrons. The van der Waals surface area contributed by atoms with Crippen molar-refractivity contribution < 1.29 is 0 Å². The van der Waals surface area contributed by atoms with E-state index in [2.05, 4.69) is 10.6 Å². The van der Waals surface area contributed by atoms with Crippen molar-refractivity contribution in [1.82, 2.24) is 10.6 Å². The predicted octanol–water partition coefficient (Wildman–Crippen LogP) is 0.313. The van der Waals surface area contributed by atoms with E-state index in [1.807, 2.05) is 0 Å². The van der Waals surface area contributed by atoms with Crippen LogP contribution in [0.4, 0.5) is 0 Å². The molecule has 3 heteroatoms. The first-order valence-corrected chi connectivity index (χ1v) is 6.04. The SMILES string of the molecule is NCC1CCC(C2CCNCC2)NC1. The van der Waals surface area contributed by atoms with E-state index in [-0.39, 0.29) is 0 Å². The number of nitrogens with one attached hydrogen (secondary N) is 2. The van der Waals surface area contributed by atoms with Crippen LogP contribution in [0.1, 0.15) is 25.7 Å². The van der Waals surface area contributed by atoms with Crippen molar-refractivity contribution in [2.75, 3.05) is 26.2 Å². The van der Waals surface area contributed by atoms with Crippen LogP contribution >= 0.6 is 0 Å². The Bertz CT molecular complexity index is 158.